The van der Waals surface area contributed by atoms with Gasteiger partial charge in [-0.1, -0.05) is 12.2 Å². The minimum atomic E-state index is 0.0549. The molecule has 168 valence electrons. The zero-order valence-electron chi connectivity index (χ0n) is 20.0. The first-order valence-corrected chi connectivity index (χ1v) is 11.3. The minimum absolute atomic E-state index is 0.0549. The molecule has 1 aromatic heterocycles. The third kappa shape index (κ3) is 5.35. The summed E-state index contributed by atoms with van der Waals surface area (Å²) in [6.45, 7) is 15.7. The van der Waals surface area contributed by atoms with E-state index in [2.05, 4.69) is 35.0 Å². The van der Waals surface area contributed by atoms with Gasteiger partial charge in [-0.3, -0.25) is 9.48 Å². The summed E-state index contributed by atoms with van der Waals surface area (Å²) in [5.41, 5.74) is 4.58. The number of likely N-dealkylation sites (tertiary alicyclic amines) is 1. The Kier molecular flexibility index (Phi) is 6.87. The van der Waals surface area contributed by atoms with Crippen molar-refractivity contribution in [1.29, 1.82) is 0 Å². The van der Waals surface area contributed by atoms with Gasteiger partial charge in [0.25, 0.3) is 5.91 Å². The molecule has 0 spiro atoms. The molecule has 2 aliphatic rings. The van der Waals surface area contributed by atoms with E-state index in [-0.39, 0.29) is 11.4 Å². The Morgan fingerprint density at radius 1 is 1.26 bits per heavy atom. The van der Waals surface area contributed by atoms with Crippen LogP contribution in [0.2, 0.25) is 0 Å². The van der Waals surface area contributed by atoms with Crippen molar-refractivity contribution in [2.45, 2.75) is 71.8 Å². The van der Waals surface area contributed by atoms with Crippen LogP contribution >= 0.6 is 0 Å². The van der Waals surface area contributed by atoms with Crippen molar-refractivity contribution in [2.75, 3.05) is 13.1 Å². The average molecular weight is 424 g/mol. The van der Waals surface area contributed by atoms with E-state index >= 15 is 0 Å². The maximum absolute atomic E-state index is 13.7. The van der Waals surface area contributed by atoms with Gasteiger partial charge in [0.1, 0.15) is 5.82 Å². The lowest BCUT2D eigenvalue weighted by atomic mass is 9.90. The number of carbonyl (C=O) groups is 1. The molecule has 0 atom stereocenters. The minimum Gasteiger partial charge on any atom is -0.364 e. The van der Waals surface area contributed by atoms with E-state index in [0.29, 0.717) is 5.92 Å². The normalized spacial score (nSPS) is 19.2. The predicted octanol–water partition coefficient (Wildman–Crippen LogP) is 4.48. The Labute approximate surface area is 186 Å². The summed E-state index contributed by atoms with van der Waals surface area (Å²) < 4.78 is 1.85. The van der Waals surface area contributed by atoms with Crippen molar-refractivity contribution in [3.05, 3.63) is 52.6 Å². The number of aliphatic imine (C=N–C) groups is 1. The first kappa shape index (κ1) is 23.0. The van der Waals surface area contributed by atoms with Crippen LogP contribution in [0.4, 0.5) is 0 Å². The maximum atomic E-state index is 13.7. The largest absolute Gasteiger partial charge is 0.364 e. The topological polar surface area (TPSA) is 62.5 Å². The maximum Gasteiger partial charge on any atom is 0.254 e. The fourth-order valence-electron chi connectivity index (χ4n) is 4.18. The second-order valence-electron chi connectivity index (χ2n) is 9.43. The standard InChI is InChI=1S/C25H37N5O/c1-8-26-23(27-25(6)12-13-25)21(17(2)3)22(18(4)5)24(31)30-15-9-19(10-16-30)20-11-14-29(7)28-20/h8,11,14,19,27H,2,9-10,12-13,15-16H2,1,3-7H3/b23-21-,26-8-. The van der Waals surface area contributed by atoms with Crippen LogP contribution in [0.3, 0.4) is 0 Å². The second kappa shape index (κ2) is 9.25. The number of aryl methyl sites for hydroxylation is 1. The Bertz CT molecular complexity index is 933. The molecule has 1 saturated heterocycles. The molecular formula is C25H37N5O. The Morgan fingerprint density at radius 2 is 1.90 bits per heavy atom. The third-order valence-electron chi connectivity index (χ3n) is 6.24. The number of piperidine rings is 1. The van der Waals surface area contributed by atoms with Crippen molar-refractivity contribution in [1.82, 2.24) is 20.0 Å². The molecule has 0 unspecified atom stereocenters. The summed E-state index contributed by atoms with van der Waals surface area (Å²) >= 11 is 0. The van der Waals surface area contributed by atoms with Crippen molar-refractivity contribution in [3.63, 3.8) is 0 Å². The number of hydrogen-bond donors (Lipinski definition) is 1. The van der Waals surface area contributed by atoms with E-state index in [9.17, 15) is 4.79 Å². The van der Waals surface area contributed by atoms with Crippen LogP contribution < -0.4 is 5.32 Å². The van der Waals surface area contributed by atoms with Gasteiger partial charge in [-0.2, -0.15) is 5.10 Å². The number of nitrogens with one attached hydrogen (secondary N) is 1. The molecule has 0 radical (unpaired) electrons. The lowest BCUT2D eigenvalue weighted by Gasteiger charge is -2.33. The van der Waals surface area contributed by atoms with Gasteiger partial charge < -0.3 is 10.2 Å². The molecule has 1 saturated carbocycles. The molecule has 1 aliphatic carbocycles. The monoisotopic (exact) mass is 423 g/mol. The summed E-state index contributed by atoms with van der Waals surface area (Å²) in [5.74, 6) is 1.24. The lowest BCUT2D eigenvalue weighted by Crippen LogP contribution is -2.40. The number of nitrogens with zero attached hydrogens (tertiary/aromatic N) is 4. The zero-order valence-corrected chi connectivity index (χ0v) is 20.0. The third-order valence-corrected chi connectivity index (χ3v) is 6.24. The van der Waals surface area contributed by atoms with E-state index in [0.717, 1.165) is 72.6 Å². The highest BCUT2D eigenvalue weighted by molar-refractivity contribution is 6.00. The Balaban J connectivity index is 1.86. The Hall–Kier alpha value is -2.63. The molecule has 1 amide bonds. The van der Waals surface area contributed by atoms with Gasteiger partial charge in [0.05, 0.1) is 5.69 Å². The van der Waals surface area contributed by atoms with Gasteiger partial charge in [-0.15, -0.1) is 0 Å². The first-order valence-electron chi connectivity index (χ1n) is 11.3. The van der Waals surface area contributed by atoms with Gasteiger partial charge in [0, 0.05) is 55.2 Å². The molecule has 1 aromatic rings. The van der Waals surface area contributed by atoms with Gasteiger partial charge in [-0.25, -0.2) is 4.99 Å². The second-order valence-corrected chi connectivity index (χ2v) is 9.43. The number of rotatable bonds is 7. The van der Waals surface area contributed by atoms with E-state index in [1.165, 1.54) is 0 Å². The highest BCUT2D eigenvalue weighted by Gasteiger charge is 2.39. The van der Waals surface area contributed by atoms with E-state index in [4.69, 9.17) is 0 Å². The molecule has 1 N–H and O–H groups in total. The van der Waals surface area contributed by atoms with Crippen molar-refractivity contribution in [2.24, 2.45) is 12.0 Å². The van der Waals surface area contributed by atoms with Crippen LogP contribution in [0.25, 0.3) is 0 Å². The van der Waals surface area contributed by atoms with Crippen molar-refractivity contribution >= 4 is 12.1 Å². The smallest absolute Gasteiger partial charge is 0.254 e. The fourth-order valence-corrected chi connectivity index (χ4v) is 4.18. The number of hydrogen-bond acceptors (Lipinski definition) is 4. The van der Waals surface area contributed by atoms with Gasteiger partial charge in [0.2, 0.25) is 0 Å². The molecular weight excluding hydrogens is 386 g/mol. The van der Waals surface area contributed by atoms with Crippen LogP contribution in [0.5, 0.6) is 0 Å². The first-order chi connectivity index (χ1) is 14.6. The average Bonchev–Trinajstić information content (AvgIpc) is 3.27. The molecule has 6 heteroatoms. The molecule has 3 rings (SSSR count). The van der Waals surface area contributed by atoms with Crippen LogP contribution in [0, 0.1) is 0 Å². The quantitative estimate of drug-likeness (QED) is 0.399. The molecule has 6 nitrogen and oxygen atoms in total. The highest BCUT2D eigenvalue weighted by atomic mass is 16.2. The number of aromatic nitrogens is 2. The summed E-state index contributed by atoms with van der Waals surface area (Å²) in [6.07, 6.45) is 7.85. The van der Waals surface area contributed by atoms with Crippen LogP contribution in [-0.2, 0) is 11.8 Å². The van der Waals surface area contributed by atoms with E-state index < -0.39 is 0 Å². The van der Waals surface area contributed by atoms with Gasteiger partial charge in [-0.05, 0) is 71.9 Å². The van der Waals surface area contributed by atoms with Crippen LogP contribution in [0.1, 0.15) is 71.9 Å². The van der Waals surface area contributed by atoms with Crippen LogP contribution in [0.15, 0.2) is 51.9 Å². The number of carbonyl (C=O) groups excluding carboxylic acids is 1. The van der Waals surface area contributed by atoms with E-state index in [1.54, 1.807) is 6.21 Å². The summed E-state index contributed by atoms with van der Waals surface area (Å²) in [4.78, 5) is 20.3. The highest BCUT2D eigenvalue weighted by Crippen LogP contribution is 2.38. The molecule has 2 heterocycles. The molecule has 31 heavy (non-hydrogen) atoms. The summed E-state index contributed by atoms with van der Waals surface area (Å²) in [5, 5.41) is 8.14. The SMILES string of the molecule is C=C(C)/C(C(C(=O)N1CCC(c2ccn(C)n2)CC1)=C(C)C)=C(\N=C/C)NC1(C)CC1. The molecule has 0 bridgehead atoms. The zero-order chi connectivity index (χ0) is 22.8. The summed E-state index contributed by atoms with van der Waals surface area (Å²) in [6, 6.07) is 2.09. The van der Waals surface area contributed by atoms with Crippen molar-refractivity contribution < 1.29 is 4.79 Å². The fraction of sp³-hybridized carbons (Fsp3) is 0.560. The van der Waals surface area contributed by atoms with Crippen LogP contribution in [-0.4, -0.2) is 45.4 Å². The molecule has 2 fully saturated rings. The van der Waals surface area contributed by atoms with Crippen molar-refractivity contribution in [3.8, 4) is 0 Å². The summed E-state index contributed by atoms with van der Waals surface area (Å²) in [7, 11) is 1.95. The van der Waals surface area contributed by atoms with Gasteiger partial charge in [0.15, 0.2) is 0 Å². The molecule has 0 aromatic carbocycles. The van der Waals surface area contributed by atoms with Gasteiger partial charge >= 0.3 is 0 Å². The lowest BCUT2D eigenvalue weighted by molar-refractivity contribution is -0.128. The number of allylic oxidation sites excluding steroid dienone is 2. The van der Waals surface area contributed by atoms with E-state index in [1.807, 2.05) is 50.5 Å². The number of amides is 1. The Morgan fingerprint density at radius 3 is 2.35 bits per heavy atom. The predicted molar refractivity (Wildman–Crippen MR) is 127 cm³/mol. The molecule has 1 aliphatic heterocycles.